The number of anilines is 1. The van der Waals surface area contributed by atoms with Gasteiger partial charge in [-0.05, 0) is 60.4 Å². The minimum absolute atomic E-state index is 0.0571. The first-order valence-electron chi connectivity index (χ1n) is 12.4. The number of carbonyl (C=O) groups is 1. The molecule has 1 aliphatic carbocycles. The van der Waals surface area contributed by atoms with Gasteiger partial charge in [0.2, 0.25) is 17.9 Å². The molecule has 0 spiro atoms. The van der Waals surface area contributed by atoms with Crippen LogP contribution in [0, 0.1) is 5.92 Å². The summed E-state index contributed by atoms with van der Waals surface area (Å²) in [6.45, 7) is 0. The molecule has 40 heavy (non-hydrogen) atoms. The van der Waals surface area contributed by atoms with Crippen molar-refractivity contribution in [2.24, 2.45) is 11.7 Å². The van der Waals surface area contributed by atoms with Crippen molar-refractivity contribution in [1.82, 2.24) is 9.97 Å². The normalized spacial score (nSPS) is 17.1. The number of nitrogen functional groups attached to an aromatic ring is 1. The van der Waals surface area contributed by atoms with Crippen LogP contribution in [-0.2, 0) is 4.79 Å². The van der Waals surface area contributed by atoms with Crippen molar-refractivity contribution < 1.29 is 32.5 Å². The maximum atomic E-state index is 14.5. The highest BCUT2D eigenvalue weighted by Crippen LogP contribution is 2.44. The van der Waals surface area contributed by atoms with Crippen LogP contribution >= 0.6 is 11.6 Å². The van der Waals surface area contributed by atoms with Crippen LogP contribution in [-0.4, -0.2) is 40.4 Å². The van der Waals surface area contributed by atoms with Gasteiger partial charge in [-0.2, -0.15) is 18.2 Å². The first-order chi connectivity index (χ1) is 19.0. The molecule has 0 radical (unpaired) electrons. The third kappa shape index (κ3) is 6.83. The Morgan fingerprint density at radius 1 is 1.20 bits per heavy atom. The zero-order valence-electron chi connectivity index (χ0n) is 21.5. The van der Waals surface area contributed by atoms with Crippen LogP contribution in [0.2, 0.25) is 5.02 Å². The summed E-state index contributed by atoms with van der Waals surface area (Å²) in [4.78, 5) is 19.2. The largest absolute Gasteiger partial charge is 0.495 e. The maximum Gasteiger partial charge on any atom is 0.429 e. The zero-order valence-corrected chi connectivity index (χ0v) is 22.2. The van der Waals surface area contributed by atoms with Gasteiger partial charge in [0.05, 0.1) is 17.8 Å². The lowest BCUT2D eigenvalue weighted by Crippen LogP contribution is -2.32. The van der Waals surface area contributed by atoms with E-state index in [1.165, 1.54) is 25.3 Å². The number of nitrogens with zero attached hydrogens (tertiary/aromatic N) is 2. The molecule has 1 heterocycles. The third-order valence-corrected chi connectivity index (χ3v) is 7.00. The Hall–Kier alpha value is -3.83. The quantitative estimate of drug-likeness (QED) is 0.280. The molecule has 3 atom stereocenters. The smallest absolute Gasteiger partial charge is 0.429 e. The molecule has 8 nitrogen and oxygen atoms in total. The highest BCUT2D eigenvalue weighted by atomic mass is 35.5. The average Bonchev–Trinajstić information content (AvgIpc) is 2.91. The lowest BCUT2D eigenvalue weighted by Gasteiger charge is -2.26. The summed E-state index contributed by atoms with van der Waals surface area (Å²) in [5, 5.41) is 9.21. The van der Waals surface area contributed by atoms with E-state index in [9.17, 15) is 18.0 Å². The van der Waals surface area contributed by atoms with Gasteiger partial charge in [-0.1, -0.05) is 48.0 Å². The molecule has 0 saturated heterocycles. The molecular weight excluding hydrogens is 549 g/mol. The van der Waals surface area contributed by atoms with E-state index in [1.807, 2.05) is 6.08 Å². The lowest BCUT2D eigenvalue weighted by atomic mass is 9.84. The van der Waals surface area contributed by atoms with Gasteiger partial charge in [-0.15, -0.1) is 0 Å². The number of aromatic nitrogens is 2. The van der Waals surface area contributed by atoms with Gasteiger partial charge in [0.1, 0.15) is 11.8 Å². The number of hydrogen-bond acceptors (Lipinski definition) is 7. The van der Waals surface area contributed by atoms with Crippen molar-refractivity contribution in [2.45, 2.75) is 44.0 Å². The molecule has 0 amide bonds. The van der Waals surface area contributed by atoms with Crippen molar-refractivity contribution >= 4 is 29.1 Å². The first kappa shape index (κ1) is 29.2. The number of aliphatic carboxylic acids is 1. The molecule has 0 bridgehead atoms. The molecule has 12 heteroatoms. The molecule has 5 N–H and O–H groups in total. The summed E-state index contributed by atoms with van der Waals surface area (Å²) in [6.07, 6.45) is -3.38. The zero-order chi connectivity index (χ0) is 29.0. The second-order valence-electron chi connectivity index (χ2n) is 9.48. The van der Waals surface area contributed by atoms with Crippen LogP contribution in [0.25, 0.3) is 16.7 Å². The second-order valence-corrected chi connectivity index (χ2v) is 9.89. The Balaban J connectivity index is 1.68. The van der Waals surface area contributed by atoms with Crippen LogP contribution < -0.4 is 20.9 Å². The number of carboxylic acids is 1. The minimum atomic E-state index is -4.84. The number of hydrogen-bond donors (Lipinski definition) is 3. The molecule has 1 aliphatic rings. The molecular formula is C28H28ClF3N4O4. The summed E-state index contributed by atoms with van der Waals surface area (Å²) < 4.78 is 54.4. The van der Waals surface area contributed by atoms with Crippen LogP contribution in [0.5, 0.6) is 11.6 Å². The number of ether oxygens (including phenoxy) is 2. The van der Waals surface area contributed by atoms with Gasteiger partial charge >= 0.3 is 12.1 Å². The first-order valence-corrected chi connectivity index (χ1v) is 12.8. The van der Waals surface area contributed by atoms with Crippen molar-refractivity contribution in [3.05, 3.63) is 70.9 Å². The van der Waals surface area contributed by atoms with Gasteiger partial charge < -0.3 is 26.0 Å². The number of methoxy groups -OCH3 is 1. The van der Waals surface area contributed by atoms with E-state index in [-0.39, 0.29) is 39.6 Å². The van der Waals surface area contributed by atoms with Gasteiger partial charge in [0, 0.05) is 11.6 Å². The standard InChI is InChI=1S/C28H28ClF3N4O4/c1-39-23-13-19(18(12-20(23)29)16-5-3-2-4-6-16)25(28(30,31)32)40-24-14-22(35-27(34)36-24)17-9-7-15(8-10-17)11-21(33)26(37)38/h2-6,9,12-15,21,25H,7-8,10-11,33H2,1H3,(H,37,38)(H2,34,35,36). The lowest BCUT2D eigenvalue weighted by molar-refractivity contribution is -0.198. The predicted octanol–water partition coefficient (Wildman–Crippen LogP) is 6.06. The molecule has 3 aromatic rings. The van der Waals surface area contributed by atoms with Gasteiger partial charge in [0.25, 0.3) is 0 Å². The number of allylic oxidation sites excluding steroid dienone is 2. The van der Waals surface area contributed by atoms with Gasteiger partial charge in [-0.3, -0.25) is 4.79 Å². The Labute approximate surface area is 233 Å². The van der Waals surface area contributed by atoms with Crippen LogP contribution in [0.1, 0.15) is 43.0 Å². The second kappa shape index (κ2) is 12.1. The molecule has 3 unspecified atom stereocenters. The maximum absolute atomic E-state index is 14.5. The number of rotatable bonds is 9. The summed E-state index contributed by atoms with van der Waals surface area (Å²) in [5.74, 6) is -1.54. The van der Waals surface area contributed by atoms with Crippen LogP contribution in [0.15, 0.2) is 54.6 Å². The topological polar surface area (TPSA) is 134 Å². The third-order valence-electron chi connectivity index (χ3n) is 6.70. The number of halogens is 4. The number of carboxylic acid groups (broad SMARTS) is 1. The monoisotopic (exact) mass is 576 g/mol. The fourth-order valence-electron chi connectivity index (χ4n) is 4.70. The van der Waals surface area contributed by atoms with E-state index in [0.717, 1.165) is 5.57 Å². The van der Waals surface area contributed by atoms with Crippen molar-refractivity contribution in [3.63, 3.8) is 0 Å². The van der Waals surface area contributed by atoms with E-state index in [4.69, 9.17) is 37.6 Å². The molecule has 1 aromatic heterocycles. The SMILES string of the molecule is COc1cc(C(Oc2cc(C3=CCC(CC(N)C(=O)O)CC3)nc(N)n2)C(F)(F)F)c(-c2ccccc2)cc1Cl. The Kier molecular flexibility index (Phi) is 8.85. The van der Waals surface area contributed by atoms with E-state index in [0.29, 0.717) is 36.9 Å². The number of nitrogens with two attached hydrogens (primary N) is 2. The highest BCUT2D eigenvalue weighted by molar-refractivity contribution is 6.32. The molecule has 0 saturated carbocycles. The van der Waals surface area contributed by atoms with Crippen molar-refractivity contribution in [3.8, 4) is 22.8 Å². The van der Waals surface area contributed by atoms with E-state index >= 15 is 0 Å². The fraction of sp³-hybridized carbons (Fsp3) is 0.321. The molecule has 0 fully saturated rings. The Bertz CT molecular complexity index is 1400. The summed E-state index contributed by atoms with van der Waals surface area (Å²) in [7, 11) is 1.31. The molecule has 0 aliphatic heterocycles. The van der Waals surface area contributed by atoms with Crippen LogP contribution in [0.4, 0.5) is 19.1 Å². The predicted molar refractivity (Wildman–Crippen MR) is 145 cm³/mol. The van der Waals surface area contributed by atoms with Crippen molar-refractivity contribution in [1.29, 1.82) is 0 Å². The van der Waals surface area contributed by atoms with E-state index in [2.05, 4.69) is 9.97 Å². The summed E-state index contributed by atoms with van der Waals surface area (Å²) in [6, 6.07) is 11.5. The fourth-order valence-corrected chi connectivity index (χ4v) is 4.94. The molecule has 2 aromatic carbocycles. The van der Waals surface area contributed by atoms with Crippen LogP contribution in [0.3, 0.4) is 0 Å². The number of benzene rings is 2. The van der Waals surface area contributed by atoms with Gasteiger partial charge in [0.15, 0.2) is 0 Å². The summed E-state index contributed by atoms with van der Waals surface area (Å²) in [5.41, 5.74) is 13.1. The minimum Gasteiger partial charge on any atom is -0.495 e. The number of alkyl halides is 3. The Morgan fingerprint density at radius 3 is 2.52 bits per heavy atom. The Morgan fingerprint density at radius 2 is 1.93 bits per heavy atom. The molecule has 4 rings (SSSR count). The average molecular weight is 577 g/mol. The van der Waals surface area contributed by atoms with Crippen molar-refractivity contribution in [2.75, 3.05) is 12.8 Å². The summed E-state index contributed by atoms with van der Waals surface area (Å²) >= 11 is 6.29. The molecule has 212 valence electrons. The van der Waals surface area contributed by atoms with Gasteiger partial charge in [-0.25, -0.2) is 4.98 Å². The van der Waals surface area contributed by atoms with E-state index < -0.39 is 24.3 Å². The van der Waals surface area contributed by atoms with E-state index in [1.54, 1.807) is 30.3 Å². The highest BCUT2D eigenvalue weighted by Gasteiger charge is 2.45.